The van der Waals surface area contributed by atoms with E-state index < -0.39 is 10.0 Å². The third-order valence-electron chi connectivity index (χ3n) is 6.17. The zero-order valence-electron chi connectivity index (χ0n) is 19.6. The first kappa shape index (κ1) is 23.8. The predicted molar refractivity (Wildman–Crippen MR) is 139 cm³/mol. The highest BCUT2D eigenvalue weighted by molar-refractivity contribution is 7.92. The monoisotopic (exact) mass is 506 g/mol. The van der Waals surface area contributed by atoms with Crippen LogP contribution in [0.3, 0.4) is 0 Å². The Balaban J connectivity index is 1.41. The second kappa shape index (κ2) is 9.63. The van der Waals surface area contributed by atoms with Gasteiger partial charge in [0.15, 0.2) is 0 Å². The highest BCUT2D eigenvalue weighted by Crippen LogP contribution is 2.37. The Morgan fingerprint density at radius 3 is 2.61 bits per heavy atom. The van der Waals surface area contributed by atoms with E-state index in [0.717, 1.165) is 24.8 Å². The molecule has 5 rings (SSSR count). The molecule has 0 aromatic heterocycles. The molecule has 0 aliphatic carbocycles. The van der Waals surface area contributed by atoms with Crippen molar-refractivity contribution < 1.29 is 22.7 Å². The van der Waals surface area contributed by atoms with Crippen LogP contribution in [0.15, 0.2) is 60.7 Å². The maximum atomic E-state index is 13.0. The fourth-order valence-corrected chi connectivity index (χ4v) is 4.93. The van der Waals surface area contributed by atoms with Crippen molar-refractivity contribution in [2.75, 3.05) is 41.4 Å². The lowest BCUT2D eigenvalue weighted by atomic mass is 10.0. The molecule has 9 nitrogen and oxygen atoms in total. The van der Waals surface area contributed by atoms with Gasteiger partial charge in [-0.15, -0.1) is 0 Å². The van der Waals surface area contributed by atoms with Gasteiger partial charge in [-0.05, 0) is 48.4 Å². The maximum absolute atomic E-state index is 13.0. The lowest BCUT2D eigenvalue weighted by Gasteiger charge is -2.14. The van der Waals surface area contributed by atoms with Crippen LogP contribution in [0.4, 0.5) is 22.7 Å². The number of benzene rings is 3. The van der Waals surface area contributed by atoms with Gasteiger partial charge in [0.05, 0.1) is 41.2 Å². The normalized spacial score (nSPS) is 16.7. The summed E-state index contributed by atoms with van der Waals surface area (Å²) in [5.74, 6) is -0.207. The van der Waals surface area contributed by atoms with Crippen molar-refractivity contribution in [1.82, 2.24) is 5.32 Å². The highest BCUT2D eigenvalue weighted by Gasteiger charge is 2.22. The fraction of sp³-hybridized carbons (Fsp3) is 0.231. The van der Waals surface area contributed by atoms with Crippen LogP contribution in [-0.2, 0) is 14.8 Å². The number of amides is 2. The number of anilines is 4. The van der Waals surface area contributed by atoms with Gasteiger partial charge < -0.3 is 20.7 Å². The van der Waals surface area contributed by atoms with Crippen LogP contribution < -0.4 is 20.7 Å². The Kier molecular flexibility index (Phi) is 6.38. The van der Waals surface area contributed by atoms with E-state index >= 15 is 0 Å². The zero-order chi connectivity index (χ0) is 25.3. The fourth-order valence-electron chi connectivity index (χ4n) is 4.35. The number of fused-ring (bicyclic) bond motifs is 2. The summed E-state index contributed by atoms with van der Waals surface area (Å²) in [7, 11) is -3.47. The third-order valence-corrected chi connectivity index (χ3v) is 6.76. The molecule has 1 unspecified atom stereocenters. The molecule has 0 spiro atoms. The number of nitrogens with one attached hydrogen (secondary N) is 4. The average Bonchev–Trinajstić information content (AvgIpc) is 3.32. The third kappa shape index (κ3) is 5.19. The second-order valence-corrected chi connectivity index (χ2v) is 10.7. The first-order valence-corrected chi connectivity index (χ1v) is 13.5. The predicted octanol–water partition coefficient (Wildman–Crippen LogP) is 3.80. The number of ether oxygens (including phenoxy) is 1. The van der Waals surface area contributed by atoms with Gasteiger partial charge in [0, 0.05) is 30.2 Å². The lowest BCUT2D eigenvalue weighted by Crippen LogP contribution is -2.29. The van der Waals surface area contributed by atoms with Gasteiger partial charge in [-0.2, -0.15) is 0 Å². The summed E-state index contributed by atoms with van der Waals surface area (Å²) in [6.45, 7) is 1.92. The van der Waals surface area contributed by atoms with Gasteiger partial charge >= 0.3 is 0 Å². The van der Waals surface area contributed by atoms with Gasteiger partial charge in [0.1, 0.15) is 0 Å². The molecule has 1 fully saturated rings. The molecule has 10 heteroatoms. The minimum Gasteiger partial charge on any atom is -0.381 e. The summed E-state index contributed by atoms with van der Waals surface area (Å²) in [5, 5.41) is 9.10. The first-order valence-electron chi connectivity index (χ1n) is 11.6. The molecule has 2 aliphatic rings. The molecule has 3 aromatic carbocycles. The van der Waals surface area contributed by atoms with Crippen molar-refractivity contribution >= 4 is 44.6 Å². The van der Waals surface area contributed by atoms with Gasteiger partial charge in [-0.3, -0.25) is 14.3 Å². The van der Waals surface area contributed by atoms with Crippen LogP contribution in [0.2, 0.25) is 0 Å². The molecular formula is C26H26N4O5S. The number of carbonyl (C=O) groups excluding carboxylic acids is 2. The summed E-state index contributed by atoms with van der Waals surface area (Å²) in [6.07, 6.45) is 2.03. The Hall–Kier alpha value is -3.89. The highest BCUT2D eigenvalue weighted by atomic mass is 32.2. The van der Waals surface area contributed by atoms with E-state index in [9.17, 15) is 18.0 Å². The average molecular weight is 507 g/mol. The molecule has 2 aliphatic heterocycles. The van der Waals surface area contributed by atoms with Gasteiger partial charge in [0.25, 0.3) is 11.8 Å². The molecule has 2 heterocycles. The van der Waals surface area contributed by atoms with Gasteiger partial charge in [0.2, 0.25) is 10.0 Å². The van der Waals surface area contributed by atoms with Crippen LogP contribution >= 0.6 is 0 Å². The van der Waals surface area contributed by atoms with Crippen molar-refractivity contribution in [3.8, 4) is 11.1 Å². The SMILES string of the molecule is CS(=O)(=O)Nc1ccccc1-c1ccc2c(c1)Nc1ccc(C(=O)NCC3CCOC3)cc1NC2=O. The molecule has 2 amide bonds. The molecule has 0 bridgehead atoms. The standard InChI is InChI=1S/C26H26N4O5S/c1-36(33,34)30-21-5-3-2-4-19(21)17-6-8-20-23(12-17)28-22-9-7-18(13-24(22)29-26(20)32)25(31)27-14-16-10-11-35-15-16/h2-9,12-13,16,28,30H,10-11,14-15H2,1H3,(H,27,31)(H,29,32). The molecular weight excluding hydrogens is 480 g/mol. The number of hydrogen-bond donors (Lipinski definition) is 4. The summed E-state index contributed by atoms with van der Waals surface area (Å²) >= 11 is 0. The molecule has 0 radical (unpaired) electrons. The zero-order valence-corrected chi connectivity index (χ0v) is 20.4. The van der Waals surface area contributed by atoms with Crippen molar-refractivity contribution in [3.05, 3.63) is 71.8 Å². The van der Waals surface area contributed by atoms with Crippen molar-refractivity contribution in [1.29, 1.82) is 0 Å². The van der Waals surface area contributed by atoms with E-state index in [4.69, 9.17) is 4.74 Å². The molecule has 4 N–H and O–H groups in total. The topological polar surface area (TPSA) is 126 Å². The Morgan fingerprint density at radius 1 is 1.00 bits per heavy atom. The Labute approximate surface area is 209 Å². The molecule has 36 heavy (non-hydrogen) atoms. The number of rotatable bonds is 6. The van der Waals surface area contributed by atoms with E-state index in [1.54, 1.807) is 48.5 Å². The number of hydrogen-bond acceptors (Lipinski definition) is 6. The van der Waals surface area contributed by atoms with E-state index in [1.807, 2.05) is 12.1 Å². The van der Waals surface area contributed by atoms with Crippen LogP contribution in [0.1, 0.15) is 27.1 Å². The molecule has 1 saturated heterocycles. The number of para-hydroxylation sites is 1. The van der Waals surface area contributed by atoms with Gasteiger partial charge in [-0.1, -0.05) is 24.3 Å². The minimum atomic E-state index is -3.47. The van der Waals surface area contributed by atoms with Crippen molar-refractivity contribution in [3.63, 3.8) is 0 Å². The van der Waals surface area contributed by atoms with Crippen molar-refractivity contribution in [2.45, 2.75) is 6.42 Å². The largest absolute Gasteiger partial charge is 0.381 e. The number of sulfonamides is 1. The van der Waals surface area contributed by atoms with Crippen LogP contribution in [0.5, 0.6) is 0 Å². The summed E-state index contributed by atoms with van der Waals surface area (Å²) in [4.78, 5) is 25.7. The second-order valence-electron chi connectivity index (χ2n) is 8.96. The quantitative estimate of drug-likeness (QED) is 0.403. The van der Waals surface area contributed by atoms with Crippen LogP contribution in [0, 0.1) is 5.92 Å². The minimum absolute atomic E-state index is 0.210. The van der Waals surface area contributed by atoms with Crippen molar-refractivity contribution in [2.24, 2.45) is 5.92 Å². The van der Waals surface area contributed by atoms with Crippen LogP contribution in [-0.4, -0.2) is 46.2 Å². The molecule has 186 valence electrons. The van der Waals surface area contributed by atoms with E-state index in [2.05, 4.69) is 20.7 Å². The Bertz CT molecular complexity index is 1450. The Morgan fingerprint density at radius 2 is 1.83 bits per heavy atom. The van der Waals surface area contributed by atoms with E-state index in [1.165, 1.54) is 0 Å². The maximum Gasteiger partial charge on any atom is 0.257 e. The molecule has 3 aromatic rings. The summed E-state index contributed by atoms with van der Waals surface area (Å²) in [5.41, 5.74) is 4.43. The van der Waals surface area contributed by atoms with E-state index in [0.29, 0.717) is 58.5 Å². The summed E-state index contributed by atoms with van der Waals surface area (Å²) in [6, 6.07) is 17.4. The summed E-state index contributed by atoms with van der Waals surface area (Å²) < 4.78 is 31.5. The lowest BCUT2D eigenvalue weighted by molar-refractivity contribution is 0.0943. The number of carbonyl (C=O) groups is 2. The first-order chi connectivity index (χ1) is 17.3. The smallest absolute Gasteiger partial charge is 0.257 e. The van der Waals surface area contributed by atoms with Gasteiger partial charge in [-0.25, -0.2) is 8.42 Å². The van der Waals surface area contributed by atoms with E-state index in [-0.39, 0.29) is 11.8 Å². The van der Waals surface area contributed by atoms with Crippen LogP contribution in [0.25, 0.3) is 11.1 Å². The molecule has 0 saturated carbocycles. The molecule has 1 atom stereocenters.